The summed E-state index contributed by atoms with van der Waals surface area (Å²) in [5.41, 5.74) is 0.893. The lowest BCUT2D eigenvalue weighted by molar-refractivity contribution is -0.137. The van der Waals surface area contributed by atoms with Crippen LogP contribution in [-0.4, -0.2) is 56.7 Å². The first kappa shape index (κ1) is 17.4. The van der Waals surface area contributed by atoms with E-state index in [4.69, 9.17) is 0 Å². The molecule has 1 aliphatic rings. The van der Waals surface area contributed by atoms with E-state index in [0.29, 0.717) is 12.4 Å². The van der Waals surface area contributed by atoms with E-state index in [1.54, 1.807) is 0 Å². The molecule has 0 aliphatic carbocycles. The van der Waals surface area contributed by atoms with E-state index in [2.05, 4.69) is 20.7 Å². The zero-order chi connectivity index (χ0) is 15.5. The van der Waals surface area contributed by atoms with Crippen molar-refractivity contribution in [2.45, 2.75) is 25.9 Å². The molecular weight excluding hydrogens is 316 g/mol. The summed E-state index contributed by atoms with van der Waals surface area (Å²) >= 11 is 0. The van der Waals surface area contributed by atoms with Crippen molar-refractivity contribution in [3.63, 3.8) is 0 Å². The first-order chi connectivity index (χ1) is 10.7. The standard InChI is InChI=1S/C15H20N6O.ClH/c1-11-10-16-8-9-20(11)15(22)12(2)21-18-14(17-19-21)13-6-4-3-5-7-13;/h3-7,11-12,16H,8-10H2,1-2H3;1H/t11-,12?;/m0./s1. The first-order valence-electron chi connectivity index (χ1n) is 7.53. The molecule has 1 aromatic carbocycles. The number of aromatic nitrogens is 4. The normalized spacial score (nSPS) is 19.0. The van der Waals surface area contributed by atoms with Crippen LogP contribution in [0.25, 0.3) is 11.4 Å². The highest BCUT2D eigenvalue weighted by Crippen LogP contribution is 2.16. The van der Waals surface area contributed by atoms with Gasteiger partial charge in [0, 0.05) is 31.2 Å². The van der Waals surface area contributed by atoms with E-state index >= 15 is 0 Å². The maximum absolute atomic E-state index is 12.6. The predicted molar refractivity (Wildman–Crippen MR) is 89.3 cm³/mol. The Morgan fingerprint density at radius 1 is 1.35 bits per heavy atom. The SMILES string of the molecule is CC(C(=O)N1CCNC[C@@H]1C)n1nnc(-c2ccccc2)n1.Cl. The van der Waals surface area contributed by atoms with Crippen molar-refractivity contribution in [2.75, 3.05) is 19.6 Å². The quantitative estimate of drug-likeness (QED) is 0.909. The molecule has 0 bridgehead atoms. The number of carbonyl (C=O) groups is 1. The Labute approximate surface area is 141 Å². The van der Waals surface area contributed by atoms with Crippen LogP contribution in [0.4, 0.5) is 0 Å². The molecule has 2 aromatic rings. The topological polar surface area (TPSA) is 75.9 Å². The molecule has 1 unspecified atom stereocenters. The summed E-state index contributed by atoms with van der Waals surface area (Å²) in [6.45, 7) is 6.21. The van der Waals surface area contributed by atoms with Gasteiger partial charge in [-0.05, 0) is 19.1 Å². The Bertz CT molecular complexity index is 646. The van der Waals surface area contributed by atoms with Crippen LogP contribution in [0.2, 0.25) is 0 Å². The minimum absolute atomic E-state index is 0. The molecule has 7 nitrogen and oxygen atoms in total. The second-order valence-electron chi connectivity index (χ2n) is 5.56. The van der Waals surface area contributed by atoms with Gasteiger partial charge in [0.15, 0.2) is 0 Å². The van der Waals surface area contributed by atoms with E-state index in [1.807, 2.05) is 49.1 Å². The molecule has 1 aromatic heterocycles. The molecule has 0 saturated carbocycles. The molecule has 3 rings (SSSR count). The minimum Gasteiger partial charge on any atom is -0.336 e. The van der Waals surface area contributed by atoms with E-state index < -0.39 is 6.04 Å². The minimum atomic E-state index is -0.453. The van der Waals surface area contributed by atoms with Crippen molar-refractivity contribution in [3.05, 3.63) is 30.3 Å². The fraction of sp³-hybridized carbons (Fsp3) is 0.467. The number of nitrogens with zero attached hydrogens (tertiary/aromatic N) is 5. The molecule has 1 amide bonds. The molecular formula is C15H21ClN6O. The van der Waals surface area contributed by atoms with Crippen LogP contribution in [-0.2, 0) is 4.79 Å². The molecule has 0 radical (unpaired) electrons. The zero-order valence-electron chi connectivity index (χ0n) is 13.2. The molecule has 124 valence electrons. The lowest BCUT2D eigenvalue weighted by atomic mass is 10.2. The maximum Gasteiger partial charge on any atom is 0.249 e. The molecule has 1 saturated heterocycles. The van der Waals surface area contributed by atoms with Gasteiger partial charge in [0.05, 0.1) is 0 Å². The maximum atomic E-state index is 12.6. The molecule has 0 spiro atoms. The number of carbonyl (C=O) groups excluding carboxylic acids is 1. The average Bonchev–Trinajstić information content (AvgIpc) is 3.05. The highest BCUT2D eigenvalue weighted by Gasteiger charge is 2.29. The summed E-state index contributed by atoms with van der Waals surface area (Å²) in [7, 11) is 0. The first-order valence-corrected chi connectivity index (χ1v) is 7.53. The summed E-state index contributed by atoms with van der Waals surface area (Å²) < 4.78 is 0. The van der Waals surface area contributed by atoms with Crippen LogP contribution in [0, 0.1) is 0 Å². The predicted octanol–water partition coefficient (Wildman–Crippen LogP) is 1.14. The van der Waals surface area contributed by atoms with E-state index in [9.17, 15) is 4.79 Å². The van der Waals surface area contributed by atoms with Gasteiger partial charge >= 0.3 is 0 Å². The molecule has 2 atom stereocenters. The van der Waals surface area contributed by atoms with Gasteiger partial charge in [0.1, 0.15) is 6.04 Å². The average molecular weight is 337 g/mol. The van der Waals surface area contributed by atoms with Gasteiger partial charge < -0.3 is 10.2 Å². The van der Waals surface area contributed by atoms with Gasteiger partial charge in [-0.2, -0.15) is 4.80 Å². The van der Waals surface area contributed by atoms with Gasteiger partial charge in [0.25, 0.3) is 0 Å². The summed E-state index contributed by atoms with van der Waals surface area (Å²) in [5, 5.41) is 15.7. The Morgan fingerprint density at radius 2 is 2.09 bits per heavy atom. The number of amides is 1. The van der Waals surface area contributed by atoms with Crippen molar-refractivity contribution in [2.24, 2.45) is 0 Å². The molecule has 2 heterocycles. The highest BCUT2D eigenvalue weighted by molar-refractivity contribution is 5.85. The smallest absolute Gasteiger partial charge is 0.249 e. The summed E-state index contributed by atoms with van der Waals surface area (Å²) in [4.78, 5) is 15.9. The largest absolute Gasteiger partial charge is 0.336 e. The molecule has 1 fully saturated rings. The number of hydrogen-bond acceptors (Lipinski definition) is 5. The third-order valence-corrected chi connectivity index (χ3v) is 3.95. The van der Waals surface area contributed by atoms with Gasteiger partial charge in [-0.3, -0.25) is 4.79 Å². The fourth-order valence-corrected chi connectivity index (χ4v) is 2.60. The number of rotatable bonds is 3. The van der Waals surface area contributed by atoms with Crippen molar-refractivity contribution in [3.8, 4) is 11.4 Å². The zero-order valence-corrected chi connectivity index (χ0v) is 14.0. The van der Waals surface area contributed by atoms with Crippen LogP contribution < -0.4 is 5.32 Å². The summed E-state index contributed by atoms with van der Waals surface area (Å²) in [5.74, 6) is 0.569. The highest BCUT2D eigenvalue weighted by atomic mass is 35.5. The summed E-state index contributed by atoms with van der Waals surface area (Å²) in [6, 6.07) is 9.36. The third-order valence-electron chi connectivity index (χ3n) is 3.95. The molecule has 1 N–H and O–H groups in total. The molecule has 1 aliphatic heterocycles. The number of halogens is 1. The Balaban J connectivity index is 0.00000192. The van der Waals surface area contributed by atoms with Gasteiger partial charge in [0.2, 0.25) is 11.7 Å². The van der Waals surface area contributed by atoms with E-state index in [1.165, 1.54) is 4.80 Å². The number of piperazine rings is 1. The summed E-state index contributed by atoms with van der Waals surface area (Å²) in [6.07, 6.45) is 0. The van der Waals surface area contributed by atoms with Gasteiger partial charge in [-0.15, -0.1) is 22.6 Å². The monoisotopic (exact) mass is 336 g/mol. The second-order valence-corrected chi connectivity index (χ2v) is 5.56. The van der Waals surface area contributed by atoms with E-state index in [0.717, 1.165) is 18.7 Å². The fourth-order valence-electron chi connectivity index (χ4n) is 2.60. The molecule has 8 heteroatoms. The molecule has 23 heavy (non-hydrogen) atoms. The van der Waals surface area contributed by atoms with Crippen LogP contribution in [0.15, 0.2) is 30.3 Å². The number of tetrazole rings is 1. The Morgan fingerprint density at radius 3 is 2.78 bits per heavy atom. The number of nitrogens with one attached hydrogen (secondary N) is 1. The van der Waals surface area contributed by atoms with Crippen molar-refractivity contribution >= 4 is 18.3 Å². The third kappa shape index (κ3) is 3.68. The van der Waals surface area contributed by atoms with Crippen LogP contribution in [0.3, 0.4) is 0 Å². The lowest BCUT2D eigenvalue weighted by Gasteiger charge is -2.35. The van der Waals surface area contributed by atoms with Gasteiger partial charge in [-0.1, -0.05) is 30.3 Å². The number of benzene rings is 1. The number of hydrogen-bond donors (Lipinski definition) is 1. The lowest BCUT2D eigenvalue weighted by Crippen LogP contribution is -2.53. The Kier molecular flexibility index (Phi) is 5.68. The van der Waals surface area contributed by atoms with Crippen molar-refractivity contribution in [1.29, 1.82) is 0 Å². The van der Waals surface area contributed by atoms with Crippen LogP contribution in [0.1, 0.15) is 19.9 Å². The van der Waals surface area contributed by atoms with Crippen molar-refractivity contribution < 1.29 is 4.79 Å². The second kappa shape index (κ2) is 7.52. The van der Waals surface area contributed by atoms with Crippen LogP contribution >= 0.6 is 12.4 Å². The van der Waals surface area contributed by atoms with Crippen LogP contribution in [0.5, 0.6) is 0 Å². The van der Waals surface area contributed by atoms with Gasteiger partial charge in [-0.25, -0.2) is 0 Å². The van der Waals surface area contributed by atoms with E-state index in [-0.39, 0.29) is 24.4 Å². The van der Waals surface area contributed by atoms with Crippen molar-refractivity contribution in [1.82, 2.24) is 30.4 Å². The Hall–Kier alpha value is -1.99.